The molecule has 0 amide bonds. The number of benzene rings is 2. The summed E-state index contributed by atoms with van der Waals surface area (Å²) in [4.78, 5) is -0.155. The van der Waals surface area contributed by atoms with E-state index >= 15 is 0 Å². The average Bonchev–Trinajstić information content (AvgIpc) is 2.55. The highest BCUT2D eigenvalue weighted by atomic mass is 32.2. The van der Waals surface area contributed by atoms with Crippen molar-refractivity contribution in [2.75, 3.05) is 10.9 Å². The lowest BCUT2D eigenvalue weighted by molar-refractivity contribution is 0.274. The lowest BCUT2D eigenvalue weighted by Gasteiger charge is -2.29. The van der Waals surface area contributed by atoms with Gasteiger partial charge in [0.25, 0.3) is 10.0 Å². The van der Waals surface area contributed by atoms with Crippen molar-refractivity contribution >= 4 is 15.7 Å². The Bertz CT molecular complexity index is 838. The Balaban J connectivity index is 2.66. The Morgan fingerprint density at radius 1 is 1.04 bits per heavy atom. The second kappa shape index (κ2) is 6.82. The van der Waals surface area contributed by atoms with E-state index in [-0.39, 0.29) is 4.90 Å². The van der Waals surface area contributed by atoms with Gasteiger partial charge in [-0.15, -0.1) is 0 Å². The minimum Gasteiger partial charge on any atom is -0.394 e. The molecule has 0 aliphatic rings. The molecule has 24 heavy (non-hydrogen) atoms. The number of hydrogen-bond acceptors (Lipinski definition) is 3. The van der Waals surface area contributed by atoms with Gasteiger partial charge in [0.1, 0.15) is 0 Å². The summed E-state index contributed by atoms with van der Waals surface area (Å²) < 4.78 is 67.0. The fraction of sp³-hybridized carbons (Fsp3) is 0.250. The molecule has 0 heterocycles. The quantitative estimate of drug-likeness (QED) is 0.835. The molecule has 0 radical (unpaired) electrons. The molecule has 1 N–H and O–H groups in total. The zero-order chi connectivity index (χ0) is 18.1. The lowest BCUT2D eigenvalue weighted by Crippen LogP contribution is -2.41. The molecule has 0 saturated heterocycles. The van der Waals surface area contributed by atoms with E-state index in [1.165, 1.54) is 19.1 Å². The van der Waals surface area contributed by atoms with Gasteiger partial charge in [-0.1, -0.05) is 17.7 Å². The number of hydrogen-bond donors (Lipinski definition) is 1. The zero-order valence-corrected chi connectivity index (χ0v) is 13.8. The molecule has 130 valence electrons. The van der Waals surface area contributed by atoms with Crippen LogP contribution in [0.15, 0.2) is 41.3 Å². The van der Waals surface area contributed by atoms with Gasteiger partial charge in [-0.2, -0.15) is 0 Å². The highest BCUT2D eigenvalue weighted by Gasteiger charge is 2.32. The smallest absolute Gasteiger partial charge is 0.264 e. The van der Waals surface area contributed by atoms with Gasteiger partial charge in [0.15, 0.2) is 17.5 Å². The fourth-order valence-electron chi connectivity index (χ4n) is 2.19. The van der Waals surface area contributed by atoms with Gasteiger partial charge in [-0.3, -0.25) is 4.31 Å². The Labute approximate surface area is 138 Å². The highest BCUT2D eigenvalue weighted by Crippen LogP contribution is 2.30. The van der Waals surface area contributed by atoms with Crippen LogP contribution in [-0.4, -0.2) is 26.2 Å². The molecule has 2 aromatic carbocycles. The maximum absolute atomic E-state index is 14.1. The van der Waals surface area contributed by atoms with Crippen molar-refractivity contribution in [1.29, 1.82) is 0 Å². The normalized spacial score (nSPS) is 12.9. The number of sulfonamides is 1. The number of aryl methyl sites for hydroxylation is 1. The molecule has 0 bridgehead atoms. The topological polar surface area (TPSA) is 57.6 Å². The Hall–Kier alpha value is -2.06. The summed E-state index contributed by atoms with van der Waals surface area (Å²) in [7, 11) is -4.29. The van der Waals surface area contributed by atoms with Crippen LogP contribution in [-0.2, 0) is 10.0 Å². The molecule has 0 unspecified atom stereocenters. The second-order valence-electron chi connectivity index (χ2n) is 5.34. The van der Waals surface area contributed by atoms with Gasteiger partial charge < -0.3 is 5.11 Å². The first kappa shape index (κ1) is 18.3. The maximum atomic E-state index is 14.1. The first-order valence-corrected chi connectivity index (χ1v) is 8.49. The Morgan fingerprint density at radius 2 is 1.62 bits per heavy atom. The van der Waals surface area contributed by atoms with E-state index in [1.54, 1.807) is 19.1 Å². The molecule has 0 spiro atoms. The van der Waals surface area contributed by atoms with Crippen LogP contribution in [0.4, 0.5) is 18.9 Å². The molecule has 0 aliphatic carbocycles. The summed E-state index contributed by atoms with van der Waals surface area (Å²) in [5.74, 6) is -4.84. The zero-order valence-electron chi connectivity index (χ0n) is 13.0. The van der Waals surface area contributed by atoms with Crippen LogP contribution in [0.25, 0.3) is 0 Å². The van der Waals surface area contributed by atoms with E-state index in [4.69, 9.17) is 0 Å². The minimum atomic E-state index is -4.29. The van der Waals surface area contributed by atoms with E-state index in [1.807, 2.05) is 0 Å². The van der Waals surface area contributed by atoms with E-state index in [0.717, 1.165) is 11.6 Å². The fourth-order valence-corrected chi connectivity index (χ4v) is 3.84. The standard InChI is InChI=1S/C16H16F3NO3S/c1-10-3-5-12(6-4-10)24(22,23)20(11(2)9-21)14-8-7-13(17)15(18)16(14)19/h3-8,11,21H,9H2,1-2H3/t11-/m1/s1. The summed E-state index contributed by atoms with van der Waals surface area (Å²) in [6.07, 6.45) is 0. The van der Waals surface area contributed by atoms with E-state index in [0.29, 0.717) is 10.4 Å². The summed E-state index contributed by atoms with van der Waals surface area (Å²) in [5.41, 5.74) is 0.144. The van der Waals surface area contributed by atoms with Crippen LogP contribution < -0.4 is 4.31 Å². The van der Waals surface area contributed by atoms with Gasteiger partial charge >= 0.3 is 0 Å². The number of anilines is 1. The van der Waals surface area contributed by atoms with E-state index in [9.17, 15) is 26.7 Å². The van der Waals surface area contributed by atoms with Crippen LogP contribution in [0, 0.1) is 24.4 Å². The van der Waals surface area contributed by atoms with Crippen LogP contribution in [0.3, 0.4) is 0 Å². The Morgan fingerprint density at radius 3 is 2.17 bits per heavy atom. The van der Waals surface area contributed by atoms with E-state index in [2.05, 4.69) is 0 Å². The summed E-state index contributed by atoms with van der Waals surface area (Å²) in [6, 6.07) is 6.11. The molecule has 0 saturated carbocycles. The third-order valence-corrected chi connectivity index (χ3v) is 5.44. The predicted molar refractivity (Wildman–Crippen MR) is 83.7 cm³/mol. The van der Waals surface area contributed by atoms with Crippen LogP contribution in [0.2, 0.25) is 0 Å². The van der Waals surface area contributed by atoms with Gasteiger partial charge in [0, 0.05) is 0 Å². The number of nitrogens with zero attached hydrogens (tertiary/aromatic N) is 1. The van der Waals surface area contributed by atoms with Crippen molar-refractivity contribution in [2.24, 2.45) is 0 Å². The molecule has 0 aromatic heterocycles. The molecule has 4 nitrogen and oxygen atoms in total. The number of halogens is 3. The number of aliphatic hydroxyl groups excluding tert-OH is 1. The summed E-state index contributed by atoms with van der Waals surface area (Å²) in [5, 5.41) is 9.34. The summed E-state index contributed by atoms with van der Waals surface area (Å²) >= 11 is 0. The van der Waals surface area contributed by atoms with Crippen LogP contribution in [0.5, 0.6) is 0 Å². The summed E-state index contributed by atoms with van der Waals surface area (Å²) in [6.45, 7) is 2.45. The lowest BCUT2D eigenvalue weighted by atomic mass is 10.2. The monoisotopic (exact) mass is 359 g/mol. The molecular formula is C16H16F3NO3S. The van der Waals surface area contributed by atoms with Gasteiger partial charge in [-0.05, 0) is 38.1 Å². The largest absolute Gasteiger partial charge is 0.394 e. The number of rotatable bonds is 5. The third kappa shape index (κ3) is 3.25. The van der Waals surface area contributed by atoms with Crippen molar-refractivity contribution < 1.29 is 26.7 Å². The first-order valence-electron chi connectivity index (χ1n) is 7.05. The molecule has 0 aliphatic heterocycles. The van der Waals surface area contributed by atoms with Gasteiger partial charge in [0.2, 0.25) is 0 Å². The maximum Gasteiger partial charge on any atom is 0.264 e. The minimum absolute atomic E-state index is 0.155. The molecule has 2 aromatic rings. The van der Waals surface area contributed by atoms with Crippen molar-refractivity contribution in [1.82, 2.24) is 0 Å². The molecule has 2 rings (SSSR count). The first-order chi connectivity index (χ1) is 11.2. The third-order valence-electron chi connectivity index (χ3n) is 3.49. The number of aliphatic hydroxyl groups is 1. The Kier molecular flexibility index (Phi) is 5.19. The average molecular weight is 359 g/mol. The predicted octanol–water partition coefficient (Wildman–Crippen LogP) is 2.99. The van der Waals surface area contributed by atoms with Gasteiger partial charge in [-0.25, -0.2) is 21.6 Å². The van der Waals surface area contributed by atoms with Crippen LogP contribution in [0.1, 0.15) is 12.5 Å². The van der Waals surface area contributed by atoms with E-state index < -0.39 is 45.8 Å². The van der Waals surface area contributed by atoms with Crippen molar-refractivity contribution in [3.05, 3.63) is 59.4 Å². The van der Waals surface area contributed by atoms with Gasteiger partial charge in [0.05, 0.1) is 23.2 Å². The van der Waals surface area contributed by atoms with Crippen molar-refractivity contribution in [2.45, 2.75) is 24.8 Å². The second-order valence-corrected chi connectivity index (χ2v) is 7.15. The SMILES string of the molecule is Cc1ccc(S(=O)(=O)N(c2ccc(F)c(F)c2F)[C@H](C)CO)cc1. The molecule has 0 fully saturated rings. The molecular weight excluding hydrogens is 343 g/mol. The van der Waals surface area contributed by atoms with Crippen molar-refractivity contribution in [3.63, 3.8) is 0 Å². The highest BCUT2D eigenvalue weighted by molar-refractivity contribution is 7.92. The molecule has 1 atom stereocenters. The van der Waals surface area contributed by atoms with Crippen molar-refractivity contribution in [3.8, 4) is 0 Å². The van der Waals surface area contributed by atoms with Crippen LogP contribution >= 0.6 is 0 Å². The molecule has 8 heteroatoms.